The number of rotatable bonds is 7. The van der Waals surface area contributed by atoms with Crippen molar-refractivity contribution in [1.82, 2.24) is 0 Å². The number of ether oxygens (including phenoxy) is 1. The number of hydrogen-bond donors (Lipinski definition) is 0. The van der Waals surface area contributed by atoms with Crippen LogP contribution in [0.25, 0.3) is 0 Å². The van der Waals surface area contributed by atoms with E-state index in [0.29, 0.717) is 0 Å². The molecule has 21 heavy (non-hydrogen) atoms. The SMILES string of the molecule is CC(OS(C)(=O)=O)C(N=C=O)C(=O)OCc1ccccc1. The van der Waals surface area contributed by atoms with Crippen molar-refractivity contribution in [1.29, 1.82) is 0 Å². The molecule has 0 fully saturated rings. The lowest BCUT2D eigenvalue weighted by molar-refractivity contribution is -0.148. The minimum absolute atomic E-state index is 0.0177. The summed E-state index contributed by atoms with van der Waals surface area (Å²) in [5, 5.41) is 0. The summed E-state index contributed by atoms with van der Waals surface area (Å²) in [5.41, 5.74) is 0.747. The first-order valence-corrected chi connectivity index (χ1v) is 7.81. The van der Waals surface area contributed by atoms with Crippen molar-refractivity contribution in [3.05, 3.63) is 35.9 Å². The van der Waals surface area contributed by atoms with Crippen LogP contribution in [0.2, 0.25) is 0 Å². The first-order valence-electron chi connectivity index (χ1n) is 5.99. The van der Waals surface area contributed by atoms with Crippen LogP contribution >= 0.6 is 0 Å². The fourth-order valence-electron chi connectivity index (χ4n) is 1.55. The van der Waals surface area contributed by atoms with E-state index in [1.807, 2.05) is 6.07 Å². The van der Waals surface area contributed by atoms with Gasteiger partial charge in [0.25, 0.3) is 10.1 Å². The first-order chi connectivity index (χ1) is 9.83. The van der Waals surface area contributed by atoms with Gasteiger partial charge in [-0.2, -0.15) is 13.4 Å². The zero-order valence-corrected chi connectivity index (χ0v) is 12.4. The molecule has 0 heterocycles. The molecule has 1 aromatic rings. The summed E-state index contributed by atoms with van der Waals surface area (Å²) >= 11 is 0. The van der Waals surface area contributed by atoms with Crippen LogP contribution in [0.5, 0.6) is 0 Å². The van der Waals surface area contributed by atoms with Gasteiger partial charge in [-0.15, -0.1) is 0 Å². The molecule has 0 aliphatic rings. The van der Waals surface area contributed by atoms with Crippen LogP contribution in [0.1, 0.15) is 12.5 Å². The number of hydrogen-bond acceptors (Lipinski definition) is 7. The number of carbonyl (C=O) groups excluding carboxylic acids is 2. The number of carbonyl (C=O) groups is 1. The fourth-order valence-corrected chi connectivity index (χ4v) is 2.21. The first kappa shape index (κ1) is 17.0. The highest BCUT2D eigenvalue weighted by Gasteiger charge is 2.29. The summed E-state index contributed by atoms with van der Waals surface area (Å²) < 4.78 is 31.7. The lowest BCUT2D eigenvalue weighted by Gasteiger charge is -2.17. The third-order valence-corrected chi connectivity index (χ3v) is 3.08. The van der Waals surface area contributed by atoms with E-state index < -0.39 is 28.2 Å². The number of aliphatic imine (C=N–C) groups is 1. The minimum Gasteiger partial charge on any atom is -0.459 e. The molecule has 0 spiro atoms. The number of benzene rings is 1. The molecular weight excluding hydrogens is 298 g/mol. The van der Waals surface area contributed by atoms with Crippen molar-refractivity contribution in [3.63, 3.8) is 0 Å². The molecule has 114 valence electrons. The number of nitrogens with zero attached hydrogens (tertiary/aromatic N) is 1. The van der Waals surface area contributed by atoms with Gasteiger partial charge in [-0.1, -0.05) is 30.3 Å². The second kappa shape index (κ2) is 7.68. The fraction of sp³-hybridized carbons (Fsp3) is 0.385. The standard InChI is InChI=1S/C13H15NO6S/c1-10(20-21(2,17)18)12(14-9-15)13(16)19-8-11-6-4-3-5-7-11/h3-7,10,12H,8H2,1-2H3. The van der Waals surface area contributed by atoms with Crippen LogP contribution in [0, 0.1) is 0 Å². The van der Waals surface area contributed by atoms with Crippen LogP contribution < -0.4 is 0 Å². The van der Waals surface area contributed by atoms with Gasteiger partial charge in [0.15, 0.2) is 6.04 Å². The Morgan fingerprint density at radius 1 is 1.33 bits per heavy atom. The van der Waals surface area contributed by atoms with Crippen LogP contribution in [0.4, 0.5) is 0 Å². The summed E-state index contributed by atoms with van der Waals surface area (Å²) in [5.74, 6) is -0.863. The number of isocyanates is 1. The molecular formula is C13H15NO6S. The summed E-state index contributed by atoms with van der Waals surface area (Å²) in [6, 6.07) is 7.48. The zero-order valence-electron chi connectivity index (χ0n) is 11.6. The minimum atomic E-state index is -3.78. The van der Waals surface area contributed by atoms with Crippen molar-refractivity contribution in [2.24, 2.45) is 4.99 Å². The van der Waals surface area contributed by atoms with Crippen LogP contribution in [0.3, 0.4) is 0 Å². The summed E-state index contributed by atoms with van der Waals surface area (Å²) in [4.78, 5) is 25.5. The van der Waals surface area contributed by atoms with Gasteiger partial charge in [0, 0.05) is 0 Å². The van der Waals surface area contributed by atoms with Crippen molar-refractivity contribution >= 4 is 22.2 Å². The van der Waals surface area contributed by atoms with Gasteiger partial charge in [-0.3, -0.25) is 4.18 Å². The average molecular weight is 313 g/mol. The van der Waals surface area contributed by atoms with Crippen LogP contribution in [-0.2, 0) is 35.2 Å². The van der Waals surface area contributed by atoms with Crippen molar-refractivity contribution in [2.75, 3.05) is 6.26 Å². The van der Waals surface area contributed by atoms with Gasteiger partial charge < -0.3 is 4.74 Å². The van der Waals surface area contributed by atoms with Crippen molar-refractivity contribution in [3.8, 4) is 0 Å². The molecule has 0 bridgehead atoms. The monoisotopic (exact) mass is 313 g/mol. The third-order valence-electron chi connectivity index (χ3n) is 2.43. The van der Waals surface area contributed by atoms with E-state index in [1.54, 1.807) is 24.3 Å². The molecule has 1 aromatic carbocycles. The van der Waals surface area contributed by atoms with Gasteiger partial charge in [0.1, 0.15) is 12.7 Å². The molecule has 0 N–H and O–H groups in total. The molecule has 2 atom stereocenters. The summed E-state index contributed by atoms with van der Waals surface area (Å²) in [6.45, 7) is 1.28. The van der Waals surface area contributed by atoms with E-state index >= 15 is 0 Å². The molecule has 0 saturated heterocycles. The van der Waals surface area contributed by atoms with E-state index in [1.165, 1.54) is 13.0 Å². The van der Waals surface area contributed by atoms with Gasteiger partial charge >= 0.3 is 5.97 Å². The molecule has 0 aromatic heterocycles. The predicted octanol–water partition coefficient (Wildman–Crippen LogP) is 0.799. The lowest BCUT2D eigenvalue weighted by atomic mass is 10.2. The highest BCUT2D eigenvalue weighted by molar-refractivity contribution is 7.86. The Kier molecular flexibility index (Phi) is 6.23. The van der Waals surface area contributed by atoms with Gasteiger partial charge in [-0.25, -0.2) is 9.59 Å². The lowest BCUT2D eigenvalue weighted by Crippen LogP contribution is -2.35. The Bertz CT molecular complexity index is 621. The van der Waals surface area contributed by atoms with E-state index in [-0.39, 0.29) is 6.61 Å². The summed E-state index contributed by atoms with van der Waals surface area (Å²) in [6.07, 6.45) is 0.884. The maximum absolute atomic E-state index is 11.9. The Balaban J connectivity index is 2.71. The van der Waals surface area contributed by atoms with E-state index in [4.69, 9.17) is 4.74 Å². The molecule has 8 heteroatoms. The summed E-state index contributed by atoms with van der Waals surface area (Å²) in [7, 11) is -3.78. The predicted molar refractivity (Wildman–Crippen MR) is 73.5 cm³/mol. The second-order valence-corrected chi connectivity index (χ2v) is 5.86. The van der Waals surface area contributed by atoms with E-state index in [2.05, 4.69) is 9.18 Å². The average Bonchev–Trinajstić information content (AvgIpc) is 2.41. The Morgan fingerprint density at radius 3 is 2.48 bits per heavy atom. The van der Waals surface area contributed by atoms with Gasteiger partial charge in [-0.05, 0) is 12.5 Å². The quantitative estimate of drug-likeness (QED) is 0.319. The smallest absolute Gasteiger partial charge is 0.334 e. The van der Waals surface area contributed by atoms with E-state index in [0.717, 1.165) is 11.8 Å². The molecule has 0 aliphatic heterocycles. The van der Waals surface area contributed by atoms with Crippen LogP contribution in [0.15, 0.2) is 35.3 Å². The van der Waals surface area contributed by atoms with Gasteiger partial charge in [0.2, 0.25) is 6.08 Å². The number of esters is 1. The molecule has 7 nitrogen and oxygen atoms in total. The highest BCUT2D eigenvalue weighted by atomic mass is 32.2. The molecule has 0 radical (unpaired) electrons. The Labute approximate surface area is 122 Å². The zero-order chi connectivity index (χ0) is 15.9. The molecule has 0 aliphatic carbocycles. The van der Waals surface area contributed by atoms with Crippen LogP contribution in [-0.4, -0.2) is 38.9 Å². The molecule has 0 saturated carbocycles. The van der Waals surface area contributed by atoms with E-state index in [9.17, 15) is 18.0 Å². The largest absolute Gasteiger partial charge is 0.459 e. The van der Waals surface area contributed by atoms with Crippen molar-refractivity contribution < 1.29 is 26.9 Å². The van der Waals surface area contributed by atoms with Gasteiger partial charge in [0.05, 0.1) is 6.26 Å². The molecule has 0 amide bonds. The maximum Gasteiger partial charge on any atom is 0.334 e. The topological polar surface area (TPSA) is 99.1 Å². The third kappa shape index (κ3) is 6.31. The van der Waals surface area contributed by atoms with Crippen molar-refractivity contribution in [2.45, 2.75) is 25.7 Å². The molecule has 2 unspecified atom stereocenters. The Morgan fingerprint density at radius 2 is 1.95 bits per heavy atom. The Hall–Kier alpha value is -2.02. The molecule has 1 rings (SSSR count). The maximum atomic E-state index is 11.9. The normalized spacial score (nSPS) is 13.8. The second-order valence-electron chi connectivity index (χ2n) is 4.26. The highest BCUT2D eigenvalue weighted by Crippen LogP contribution is 2.10.